The molecule has 0 atom stereocenters. The quantitative estimate of drug-likeness (QED) is 0.753. The molecule has 0 unspecified atom stereocenters. The number of nitrogens with zero attached hydrogens (tertiary/aromatic N) is 3. The van der Waals surface area contributed by atoms with E-state index >= 15 is 0 Å². The lowest BCUT2D eigenvalue weighted by atomic mass is 10.2. The summed E-state index contributed by atoms with van der Waals surface area (Å²) in [5.41, 5.74) is 5.83. The fourth-order valence-electron chi connectivity index (χ4n) is 1.95. The lowest BCUT2D eigenvalue weighted by Gasteiger charge is -2.02. The van der Waals surface area contributed by atoms with Gasteiger partial charge in [0, 0.05) is 24.2 Å². The van der Waals surface area contributed by atoms with Crippen molar-refractivity contribution >= 4 is 18.5 Å². The number of carbonyl (C=O) groups excluding carboxylic acids is 1. The van der Waals surface area contributed by atoms with Gasteiger partial charge >= 0.3 is 6.09 Å². The van der Waals surface area contributed by atoms with Crippen LogP contribution in [0.15, 0.2) is 53.8 Å². The Bertz CT molecular complexity index is 858. The highest BCUT2D eigenvalue weighted by Gasteiger charge is 2.11. The summed E-state index contributed by atoms with van der Waals surface area (Å²) in [7, 11) is 0. The van der Waals surface area contributed by atoms with Gasteiger partial charge < -0.3 is 10.5 Å². The van der Waals surface area contributed by atoms with Crippen LogP contribution < -0.4 is 16.0 Å². The summed E-state index contributed by atoms with van der Waals surface area (Å²) in [6.07, 6.45) is 5.19. The van der Waals surface area contributed by atoms with E-state index in [1.54, 1.807) is 30.7 Å². The van der Waals surface area contributed by atoms with Crippen molar-refractivity contribution in [3.63, 3.8) is 0 Å². The molecule has 0 saturated carbocycles. The number of hydrogen-bond donors (Lipinski definition) is 2. The van der Waals surface area contributed by atoms with Crippen molar-refractivity contribution in [1.29, 1.82) is 0 Å². The molecule has 3 heterocycles. The van der Waals surface area contributed by atoms with Gasteiger partial charge in [-0.3, -0.25) is 14.9 Å². The Balaban J connectivity index is 0.00000192. The van der Waals surface area contributed by atoms with Gasteiger partial charge in [-0.05, 0) is 18.2 Å². The smallest absolute Gasteiger partial charge is 0.409 e. The first kappa shape index (κ1) is 16.2. The van der Waals surface area contributed by atoms with E-state index < -0.39 is 6.09 Å². The Morgan fingerprint density at radius 3 is 2.70 bits per heavy atom. The van der Waals surface area contributed by atoms with E-state index in [1.807, 2.05) is 0 Å². The molecule has 8 nitrogen and oxygen atoms in total. The summed E-state index contributed by atoms with van der Waals surface area (Å²) in [5, 5.41) is 2.83. The van der Waals surface area contributed by atoms with Gasteiger partial charge in [0.1, 0.15) is 0 Å². The lowest BCUT2D eigenvalue weighted by molar-refractivity contribution is 0.210. The third kappa shape index (κ3) is 3.38. The fraction of sp³-hybridized carbons (Fsp3) is 0. The zero-order valence-corrected chi connectivity index (χ0v) is 12.5. The van der Waals surface area contributed by atoms with Gasteiger partial charge in [-0.25, -0.2) is 14.5 Å². The first-order valence-electron chi connectivity index (χ1n) is 6.29. The Labute approximate surface area is 136 Å². The average molecular weight is 334 g/mol. The summed E-state index contributed by atoms with van der Waals surface area (Å²) in [6.45, 7) is 0. The lowest BCUT2D eigenvalue weighted by Crippen LogP contribution is -2.18. The number of amides is 1. The van der Waals surface area contributed by atoms with Crippen LogP contribution in [0.3, 0.4) is 0 Å². The molecular formula is C14H12ClN5O3. The highest BCUT2D eigenvalue weighted by Crippen LogP contribution is 2.15. The number of nitrogens with one attached hydrogen (secondary N) is 1. The highest BCUT2D eigenvalue weighted by molar-refractivity contribution is 5.85. The highest BCUT2D eigenvalue weighted by atomic mass is 35.5. The third-order valence-corrected chi connectivity index (χ3v) is 2.91. The van der Waals surface area contributed by atoms with E-state index in [9.17, 15) is 9.59 Å². The second kappa shape index (κ2) is 6.75. The molecule has 23 heavy (non-hydrogen) atoms. The van der Waals surface area contributed by atoms with Crippen molar-refractivity contribution in [2.24, 2.45) is 5.73 Å². The van der Waals surface area contributed by atoms with Crippen LogP contribution in [-0.2, 0) is 0 Å². The minimum atomic E-state index is -0.926. The molecule has 1 amide bonds. The number of hydrogen-bond acceptors (Lipinski definition) is 5. The van der Waals surface area contributed by atoms with E-state index in [1.165, 1.54) is 23.0 Å². The predicted molar refractivity (Wildman–Crippen MR) is 84.9 cm³/mol. The molecule has 0 aromatic carbocycles. The number of aromatic nitrogens is 4. The van der Waals surface area contributed by atoms with Crippen LogP contribution in [0.4, 0.5) is 4.79 Å². The van der Waals surface area contributed by atoms with Crippen molar-refractivity contribution in [2.45, 2.75) is 0 Å². The minimum absolute atomic E-state index is 0. The van der Waals surface area contributed by atoms with Gasteiger partial charge in [-0.2, -0.15) is 0 Å². The SMILES string of the molecule is Cl.NC(=O)Oc1ccc(-n2[nH]cc(-c3cccnc3)c2=O)nc1. The van der Waals surface area contributed by atoms with Gasteiger partial charge in [-0.1, -0.05) is 6.07 Å². The molecule has 3 aromatic heterocycles. The molecule has 0 aliphatic rings. The topological polar surface area (TPSA) is 116 Å². The number of rotatable bonds is 3. The average Bonchev–Trinajstić information content (AvgIpc) is 2.90. The van der Waals surface area contributed by atoms with Crippen LogP contribution in [0.5, 0.6) is 5.75 Å². The van der Waals surface area contributed by atoms with E-state index in [0.717, 1.165) is 0 Å². The number of halogens is 1. The van der Waals surface area contributed by atoms with Crippen LogP contribution in [0.1, 0.15) is 0 Å². The van der Waals surface area contributed by atoms with Gasteiger partial charge in [0.15, 0.2) is 11.6 Å². The van der Waals surface area contributed by atoms with Crippen molar-refractivity contribution in [3.8, 4) is 22.7 Å². The molecule has 0 bridgehead atoms. The maximum absolute atomic E-state index is 12.4. The molecule has 9 heteroatoms. The first-order chi connectivity index (χ1) is 10.6. The molecule has 3 N–H and O–H groups in total. The molecule has 3 rings (SSSR count). The van der Waals surface area contributed by atoms with Crippen molar-refractivity contribution in [1.82, 2.24) is 19.7 Å². The standard InChI is InChI=1S/C14H11N5O3.ClH/c15-14(21)22-10-3-4-12(17-7-10)19-13(20)11(8-18-19)9-2-1-5-16-6-9;/h1-8,18H,(H2,15,21);1H. The zero-order chi connectivity index (χ0) is 15.5. The van der Waals surface area contributed by atoms with Crippen LogP contribution >= 0.6 is 12.4 Å². The first-order valence-corrected chi connectivity index (χ1v) is 6.29. The molecule has 0 aliphatic carbocycles. The van der Waals surface area contributed by atoms with E-state index in [0.29, 0.717) is 16.9 Å². The van der Waals surface area contributed by atoms with E-state index in [2.05, 4.69) is 19.8 Å². The van der Waals surface area contributed by atoms with E-state index in [-0.39, 0.29) is 23.7 Å². The predicted octanol–water partition coefficient (Wildman–Crippen LogP) is 1.50. The number of pyridine rings is 2. The second-order valence-corrected chi connectivity index (χ2v) is 4.34. The molecular weight excluding hydrogens is 322 g/mol. The van der Waals surface area contributed by atoms with Gasteiger partial charge in [0.05, 0.1) is 11.8 Å². The summed E-state index contributed by atoms with van der Waals surface area (Å²) in [4.78, 5) is 31.1. The number of nitrogens with two attached hydrogens (primary N) is 1. The Hall–Kier alpha value is -3.13. The van der Waals surface area contributed by atoms with Gasteiger partial charge in [0.25, 0.3) is 5.56 Å². The molecule has 0 radical (unpaired) electrons. The number of H-pyrrole nitrogens is 1. The molecule has 0 spiro atoms. The monoisotopic (exact) mass is 333 g/mol. The van der Waals surface area contributed by atoms with Crippen LogP contribution in [0.25, 0.3) is 16.9 Å². The van der Waals surface area contributed by atoms with Crippen LogP contribution in [0.2, 0.25) is 0 Å². The molecule has 3 aromatic rings. The Morgan fingerprint density at radius 2 is 2.09 bits per heavy atom. The second-order valence-electron chi connectivity index (χ2n) is 4.34. The normalized spacial score (nSPS) is 9.91. The van der Waals surface area contributed by atoms with Crippen LogP contribution in [-0.4, -0.2) is 25.8 Å². The van der Waals surface area contributed by atoms with Gasteiger partial charge in [0.2, 0.25) is 0 Å². The summed E-state index contributed by atoms with van der Waals surface area (Å²) < 4.78 is 5.95. The number of carbonyl (C=O) groups is 1. The summed E-state index contributed by atoms with van der Waals surface area (Å²) >= 11 is 0. The molecule has 0 saturated heterocycles. The maximum Gasteiger partial charge on any atom is 0.410 e. The Kier molecular flexibility index (Phi) is 4.77. The number of primary amides is 1. The molecule has 0 aliphatic heterocycles. The third-order valence-electron chi connectivity index (χ3n) is 2.91. The molecule has 0 fully saturated rings. The zero-order valence-electron chi connectivity index (χ0n) is 11.7. The summed E-state index contributed by atoms with van der Waals surface area (Å²) in [5.74, 6) is 0.556. The number of aromatic amines is 1. The number of ether oxygens (including phenoxy) is 1. The maximum atomic E-state index is 12.4. The minimum Gasteiger partial charge on any atom is -0.409 e. The van der Waals surface area contributed by atoms with Gasteiger partial charge in [-0.15, -0.1) is 12.4 Å². The van der Waals surface area contributed by atoms with Crippen molar-refractivity contribution < 1.29 is 9.53 Å². The Morgan fingerprint density at radius 1 is 1.26 bits per heavy atom. The van der Waals surface area contributed by atoms with E-state index in [4.69, 9.17) is 5.73 Å². The van der Waals surface area contributed by atoms with Crippen molar-refractivity contribution in [3.05, 3.63) is 59.4 Å². The van der Waals surface area contributed by atoms with Crippen molar-refractivity contribution in [2.75, 3.05) is 0 Å². The fourth-order valence-corrected chi connectivity index (χ4v) is 1.95. The largest absolute Gasteiger partial charge is 0.410 e. The molecule has 118 valence electrons. The summed E-state index contributed by atoms with van der Waals surface area (Å²) in [6, 6.07) is 6.56. The van der Waals surface area contributed by atoms with Crippen LogP contribution in [0, 0.1) is 0 Å².